The van der Waals surface area contributed by atoms with Gasteiger partial charge in [-0.2, -0.15) is 0 Å². The number of hydrogen-bond donors (Lipinski definition) is 0. The van der Waals surface area contributed by atoms with Crippen molar-refractivity contribution < 1.29 is 9.59 Å². The Labute approximate surface area is 249 Å². The van der Waals surface area contributed by atoms with E-state index in [-0.39, 0.29) is 11.8 Å². The average Bonchev–Trinajstić information content (AvgIpc) is 3.82. The van der Waals surface area contributed by atoms with Crippen LogP contribution in [0.3, 0.4) is 0 Å². The number of carbonyl (C=O) groups excluding carboxylic acids is 2. The molecule has 2 aliphatic heterocycles. The predicted octanol–water partition coefficient (Wildman–Crippen LogP) is 7.40. The van der Waals surface area contributed by atoms with Gasteiger partial charge in [0.25, 0.3) is 11.8 Å². The Hall–Kier alpha value is -2.70. The molecule has 40 heavy (non-hydrogen) atoms. The van der Waals surface area contributed by atoms with Crippen LogP contribution < -0.4 is 0 Å². The van der Waals surface area contributed by atoms with E-state index >= 15 is 0 Å². The smallest absolute Gasteiger partial charge is 0.256 e. The molecular formula is C33H36Cl2N2O2Si. The van der Waals surface area contributed by atoms with Crippen LogP contribution >= 0.6 is 23.2 Å². The number of terminal acetylenes is 1. The summed E-state index contributed by atoms with van der Waals surface area (Å²) in [6, 6.07) is 8.10. The molecule has 0 N–H and O–H groups in total. The molecule has 7 heteroatoms. The summed E-state index contributed by atoms with van der Waals surface area (Å²) in [5.74, 6) is 7.30. The summed E-state index contributed by atoms with van der Waals surface area (Å²) in [6.45, 7) is 12.3. The Kier molecular flexibility index (Phi) is 7.88. The number of rotatable bonds is 4. The molecule has 6 rings (SSSR count). The molecule has 4 nitrogen and oxygen atoms in total. The lowest BCUT2D eigenvalue weighted by atomic mass is 10.1. The first kappa shape index (κ1) is 28.8. The van der Waals surface area contributed by atoms with E-state index in [2.05, 4.69) is 50.9 Å². The van der Waals surface area contributed by atoms with Crippen molar-refractivity contribution in [1.29, 1.82) is 0 Å². The maximum atomic E-state index is 12.6. The molecule has 208 valence electrons. The van der Waals surface area contributed by atoms with E-state index in [4.69, 9.17) is 29.6 Å². The molecule has 2 atom stereocenters. The van der Waals surface area contributed by atoms with Crippen LogP contribution in [0.15, 0.2) is 24.3 Å². The Balaban J connectivity index is 0.000000164. The van der Waals surface area contributed by atoms with Crippen LogP contribution in [0, 0.1) is 35.6 Å². The van der Waals surface area contributed by atoms with Crippen molar-refractivity contribution in [3.8, 4) is 23.8 Å². The first-order valence-electron chi connectivity index (χ1n) is 14.1. The lowest BCUT2D eigenvalue weighted by Gasteiger charge is -2.23. The van der Waals surface area contributed by atoms with Crippen LogP contribution in [0.25, 0.3) is 0 Å². The summed E-state index contributed by atoms with van der Waals surface area (Å²) in [5, 5.41) is 1.03. The highest BCUT2D eigenvalue weighted by atomic mass is 35.5. The second kappa shape index (κ2) is 10.9. The normalized spacial score (nSPS) is 19.1. The molecule has 0 radical (unpaired) electrons. The van der Waals surface area contributed by atoms with E-state index in [0.717, 1.165) is 22.3 Å². The lowest BCUT2D eigenvalue weighted by Crippen LogP contribution is -2.34. The van der Waals surface area contributed by atoms with E-state index < -0.39 is 8.07 Å². The SMILES string of the molecule is C#Cc1cc(Cl)c2c(c1)CN([C@@H](C)C1CC1)C2=O.C[C@@H](C1CC1)N1Cc2cc(C#C[Si](C)(C)C)cc(Cl)c2C1=O. The molecule has 4 aliphatic rings. The number of benzene rings is 2. The van der Waals surface area contributed by atoms with Crippen LogP contribution in [0.4, 0.5) is 0 Å². The van der Waals surface area contributed by atoms with Crippen LogP contribution in [-0.4, -0.2) is 41.8 Å². The summed E-state index contributed by atoms with van der Waals surface area (Å²) in [7, 11) is -1.42. The Morgan fingerprint density at radius 3 is 1.62 bits per heavy atom. The fourth-order valence-electron chi connectivity index (χ4n) is 5.59. The van der Waals surface area contributed by atoms with Crippen molar-refractivity contribution in [3.05, 3.63) is 67.7 Å². The van der Waals surface area contributed by atoms with E-state index in [9.17, 15) is 9.59 Å². The molecule has 0 bridgehead atoms. The first-order chi connectivity index (χ1) is 18.9. The molecule has 2 amide bonds. The highest BCUT2D eigenvalue weighted by molar-refractivity contribution is 6.83. The zero-order valence-corrected chi connectivity index (χ0v) is 26.4. The molecule has 2 aliphatic carbocycles. The molecular weight excluding hydrogens is 555 g/mol. The van der Waals surface area contributed by atoms with Crippen LogP contribution in [-0.2, 0) is 13.1 Å². The monoisotopic (exact) mass is 590 g/mol. The van der Waals surface area contributed by atoms with E-state index in [1.807, 2.05) is 28.0 Å². The van der Waals surface area contributed by atoms with Crippen molar-refractivity contribution in [2.24, 2.45) is 11.8 Å². The summed E-state index contributed by atoms with van der Waals surface area (Å²) in [5.41, 5.74) is 8.36. The predicted molar refractivity (Wildman–Crippen MR) is 165 cm³/mol. The van der Waals surface area contributed by atoms with Gasteiger partial charge in [-0.15, -0.1) is 12.0 Å². The van der Waals surface area contributed by atoms with Crippen molar-refractivity contribution in [3.63, 3.8) is 0 Å². The topological polar surface area (TPSA) is 40.6 Å². The number of halogens is 2. The van der Waals surface area contributed by atoms with Crippen LogP contribution in [0.2, 0.25) is 29.7 Å². The van der Waals surface area contributed by atoms with Gasteiger partial charge < -0.3 is 9.80 Å². The van der Waals surface area contributed by atoms with Gasteiger partial charge in [0.1, 0.15) is 8.07 Å². The van der Waals surface area contributed by atoms with Crippen LogP contribution in [0.5, 0.6) is 0 Å². The van der Waals surface area contributed by atoms with E-state index in [0.29, 0.717) is 58.2 Å². The fraction of sp³-hybridized carbons (Fsp3) is 0.455. The highest BCUT2D eigenvalue weighted by Gasteiger charge is 2.40. The number of fused-ring (bicyclic) bond motifs is 2. The largest absolute Gasteiger partial charge is 0.331 e. The van der Waals surface area contributed by atoms with Gasteiger partial charge in [0, 0.05) is 36.3 Å². The number of nitrogens with zero attached hydrogens (tertiary/aromatic N) is 2. The van der Waals surface area contributed by atoms with E-state index in [1.165, 1.54) is 25.7 Å². The molecule has 0 unspecified atom stereocenters. The number of hydrogen-bond acceptors (Lipinski definition) is 2. The van der Waals surface area contributed by atoms with Gasteiger partial charge in [0.15, 0.2) is 0 Å². The van der Waals surface area contributed by atoms with Gasteiger partial charge in [0.2, 0.25) is 0 Å². The van der Waals surface area contributed by atoms with Crippen molar-refractivity contribution in [2.75, 3.05) is 0 Å². The first-order valence-corrected chi connectivity index (χ1v) is 18.4. The van der Waals surface area contributed by atoms with Crippen LogP contribution in [0.1, 0.15) is 82.5 Å². The Bertz CT molecular complexity index is 1480. The van der Waals surface area contributed by atoms with Gasteiger partial charge in [-0.3, -0.25) is 9.59 Å². The quantitative estimate of drug-likeness (QED) is 0.275. The Morgan fingerprint density at radius 2 is 1.23 bits per heavy atom. The van der Waals surface area contributed by atoms with Crippen molar-refractivity contribution in [2.45, 2.75) is 84.3 Å². The molecule has 2 fully saturated rings. The van der Waals surface area contributed by atoms with Gasteiger partial charge in [-0.1, -0.05) is 54.7 Å². The highest BCUT2D eigenvalue weighted by Crippen LogP contribution is 2.41. The van der Waals surface area contributed by atoms with Gasteiger partial charge >= 0.3 is 0 Å². The van der Waals surface area contributed by atoms with E-state index in [1.54, 1.807) is 6.07 Å². The third kappa shape index (κ3) is 5.98. The minimum absolute atomic E-state index is 0.0537. The minimum atomic E-state index is -1.42. The maximum absolute atomic E-state index is 12.6. The molecule has 2 heterocycles. The zero-order valence-electron chi connectivity index (χ0n) is 23.9. The summed E-state index contributed by atoms with van der Waals surface area (Å²) in [6.07, 6.45) is 10.3. The zero-order chi connectivity index (χ0) is 28.9. The summed E-state index contributed by atoms with van der Waals surface area (Å²) < 4.78 is 0. The molecule has 2 saturated carbocycles. The van der Waals surface area contributed by atoms with Crippen molar-refractivity contribution >= 4 is 43.1 Å². The minimum Gasteiger partial charge on any atom is -0.331 e. The summed E-state index contributed by atoms with van der Waals surface area (Å²) >= 11 is 12.6. The average molecular weight is 592 g/mol. The van der Waals surface area contributed by atoms with Gasteiger partial charge in [0.05, 0.1) is 21.2 Å². The molecule has 2 aromatic carbocycles. The second-order valence-corrected chi connectivity index (χ2v) is 18.2. The third-order valence-corrected chi connectivity index (χ3v) is 9.79. The Morgan fingerprint density at radius 1 is 0.800 bits per heavy atom. The molecule has 2 aromatic rings. The fourth-order valence-corrected chi connectivity index (χ4v) is 6.75. The lowest BCUT2D eigenvalue weighted by molar-refractivity contribution is 0.0690. The molecule has 0 saturated heterocycles. The van der Waals surface area contributed by atoms with Gasteiger partial charge in [-0.25, -0.2) is 0 Å². The maximum Gasteiger partial charge on any atom is 0.256 e. The third-order valence-electron chi connectivity index (χ3n) is 8.31. The number of carbonyl (C=O) groups is 2. The molecule has 0 spiro atoms. The molecule has 0 aromatic heterocycles. The van der Waals surface area contributed by atoms with Gasteiger partial charge in [-0.05, 0) is 86.8 Å². The standard InChI is InChI=1S/C18H22ClNOSi.C15H14ClNO/c1-12(14-5-6-14)20-11-15-9-13(7-8-22(2,3)4)10-16(19)17(15)18(20)21;1-3-10-6-12-8-17(9(2)11-4-5-11)15(18)14(12)13(16)7-10/h9-10,12,14H,5-6,11H2,1-4H3;1,6-7,9,11H,4-5,8H2,2H3/t12-;9-/m00/s1. The summed E-state index contributed by atoms with van der Waals surface area (Å²) in [4.78, 5) is 28.9. The second-order valence-electron chi connectivity index (χ2n) is 12.7. The number of amides is 2. The van der Waals surface area contributed by atoms with Crippen molar-refractivity contribution in [1.82, 2.24) is 9.80 Å².